The first-order valence-corrected chi connectivity index (χ1v) is 8.89. The number of nitrogens with one attached hydrogen (secondary N) is 4. The molecule has 0 aliphatic carbocycles. The summed E-state index contributed by atoms with van der Waals surface area (Å²) in [6.45, 7) is 4.32. The summed E-state index contributed by atoms with van der Waals surface area (Å²) in [5, 5.41) is 15.1. The van der Waals surface area contributed by atoms with Crippen LogP contribution >= 0.6 is 12.4 Å². The molecule has 0 spiro atoms. The maximum absolute atomic E-state index is 12.6. The van der Waals surface area contributed by atoms with E-state index in [0.717, 1.165) is 0 Å². The highest BCUT2D eigenvalue weighted by Gasteiger charge is 2.24. The van der Waals surface area contributed by atoms with Crippen molar-refractivity contribution in [2.75, 3.05) is 6.54 Å². The molecule has 1 aromatic rings. The molecule has 6 N–H and O–H groups in total. The van der Waals surface area contributed by atoms with Gasteiger partial charge in [0.2, 0.25) is 5.91 Å². The Morgan fingerprint density at radius 3 is 2.54 bits per heavy atom. The number of halogens is 1. The Hall–Kier alpha value is -2.68. The lowest BCUT2D eigenvalue weighted by Gasteiger charge is -2.22. The Balaban J connectivity index is 0.00000729. The molecular formula is C18H29ClN6O3. The predicted molar refractivity (Wildman–Crippen MR) is 109 cm³/mol. The molecule has 2 amide bonds. The van der Waals surface area contributed by atoms with Crippen LogP contribution in [0.15, 0.2) is 24.4 Å². The highest BCUT2D eigenvalue weighted by molar-refractivity contribution is 5.96. The third kappa shape index (κ3) is 9.86. The van der Waals surface area contributed by atoms with E-state index >= 15 is 0 Å². The van der Waals surface area contributed by atoms with E-state index in [0.29, 0.717) is 32.1 Å². The molecule has 1 rings (SSSR count). The van der Waals surface area contributed by atoms with Crippen LogP contribution in [0.4, 0.5) is 0 Å². The second-order valence-corrected chi connectivity index (χ2v) is 6.60. The Bertz CT molecular complexity index is 641. The van der Waals surface area contributed by atoms with E-state index in [-0.39, 0.29) is 30.0 Å². The summed E-state index contributed by atoms with van der Waals surface area (Å²) in [5.74, 6) is -0.829. The predicted octanol–water partition coefficient (Wildman–Crippen LogP) is 0.595. The molecule has 0 aromatic carbocycles. The zero-order valence-corrected chi connectivity index (χ0v) is 16.9. The molecular weight excluding hydrogens is 384 g/mol. The van der Waals surface area contributed by atoms with Gasteiger partial charge in [-0.1, -0.05) is 19.9 Å². The van der Waals surface area contributed by atoms with E-state index in [1.165, 1.54) is 6.20 Å². The zero-order valence-electron chi connectivity index (χ0n) is 16.1. The van der Waals surface area contributed by atoms with E-state index in [2.05, 4.69) is 20.9 Å². The van der Waals surface area contributed by atoms with Crippen LogP contribution in [0.25, 0.3) is 0 Å². The van der Waals surface area contributed by atoms with Gasteiger partial charge in [0.25, 0.3) is 5.91 Å². The summed E-state index contributed by atoms with van der Waals surface area (Å²) < 4.78 is 0. The first-order valence-electron chi connectivity index (χ1n) is 8.89. The molecule has 0 saturated carbocycles. The number of rotatable bonds is 11. The van der Waals surface area contributed by atoms with Gasteiger partial charge >= 0.3 is 0 Å². The second-order valence-electron chi connectivity index (χ2n) is 6.60. The van der Waals surface area contributed by atoms with E-state index < -0.39 is 23.9 Å². The lowest BCUT2D eigenvalue weighted by atomic mass is 10.0. The standard InChI is InChI=1S/C18H28N6O3.ClH/c1-12(2)10-15(24-16(26)14-7-3-4-8-21-14)17(27)23-13(11-25)6-5-9-22-18(19)20;/h3-4,7-8,11-13,15H,5-6,9-10H2,1-2H3,(H,23,27)(H,24,26)(H4,19,20,22);1H/t13-,15-;/m0./s1. The van der Waals surface area contributed by atoms with Crippen molar-refractivity contribution >= 4 is 36.5 Å². The lowest BCUT2D eigenvalue weighted by molar-refractivity contribution is -0.126. The topological polar surface area (TPSA) is 150 Å². The van der Waals surface area contributed by atoms with Crippen molar-refractivity contribution in [3.8, 4) is 0 Å². The SMILES string of the molecule is CC(C)C[C@H](NC(=O)c1ccccn1)C(=O)N[C@H](C=O)CCCNC(=N)N.Cl. The number of aromatic nitrogens is 1. The number of carbonyl (C=O) groups is 3. The highest BCUT2D eigenvalue weighted by Crippen LogP contribution is 2.07. The van der Waals surface area contributed by atoms with Gasteiger partial charge in [0.15, 0.2) is 5.96 Å². The minimum atomic E-state index is -0.766. The molecule has 10 heteroatoms. The van der Waals surface area contributed by atoms with Crippen LogP contribution in [0.3, 0.4) is 0 Å². The molecule has 0 radical (unpaired) electrons. The Labute approximate surface area is 171 Å². The molecule has 0 saturated heterocycles. The van der Waals surface area contributed by atoms with Crippen molar-refractivity contribution < 1.29 is 14.4 Å². The number of aldehydes is 1. The van der Waals surface area contributed by atoms with Crippen LogP contribution in [-0.2, 0) is 9.59 Å². The summed E-state index contributed by atoms with van der Waals surface area (Å²) in [4.78, 5) is 40.1. The van der Waals surface area contributed by atoms with Gasteiger partial charge < -0.3 is 26.5 Å². The van der Waals surface area contributed by atoms with Crippen LogP contribution in [0, 0.1) is 11.3 Å². The fourth-order valence-electron chi connectivity index (χ4n) is 2.43. The molecule has 0 aliphatic rings. The van der Waals surface area contributed by atoms with E-state index in [4.69, 9.17) is 11.1 Å². The number of pyridine rings is 1. The number of hydrogen-bond acceptors (Lipinski definition) is 5. The van der Waals surface area contributed by atoms with Crippen molar-refractivity contribution in [3.05, 3.63) is 30.1 Å². The van der Waals surface area contributed by atoms with E-state index in [1.54, 1.807) is 18.2 Å². The fourth-order valence-corrected chi connectivity index (χ4v) is 2.43. The van der Waals surface area contributed by atoms with Gasteiger partial charge in [-0.15, -0.1) is 12.4 Å². The van der Waals surface area contributed by atoms with Crippen LogP contribution in [0.1, 0.15) is 43.6 Å². The molecule has 0 aliphatic heterocycles. The quantitative estimate of drug-likeness (QED) is 0.155. The molecule has 0 bridgehead atoms. The fraction of sp³-hybridized carbons (Fsp3) is 0.500. The summed E-state index contributed by atoms with van der Waals surface area (Å²) in [5.41, 5.74) is 5.41. The Kier molecular flexibility index (Phi) is 12.2. The monoisotopic (exact) mass is 412 g/mol. The van der Waals surface area contributed by atoms with Crippen LogP contribution < -0.4 is 21.7 Å². The Morgan fingerprint density at radius 2 is 2.00 bits per heavy atom. The lowest BCUT2D eigenvalue weighted by Crippen LogP contribution is -2.50. The van der Waals surface area contributed by atoms with Gasteiger partial charge in [0, 0.05) is 12.7 Å². The molecule has 156 valence electrons. The maximum Gasteiger partial charge on any atom is 0.270 e. The number of carbonyl (C=O) groups excluding carboxylic acids is 3. The first kappa shape index (κ1) is 25.3. The number of hydrogen-bond donors (Lipinski definition) is 5. The molecule has 0 unspecified atom stereocenters. The largest absolute Gasteiger partial charge is 0.370 e. The van der Waals surface area contributed by atoms with Gasteiger partial charge in [-0.25, -0.2) is 0 Å². The zero-order chi connectivity index (χ0) is 20.2. The number of nitrogens with zero attached hydrogens (tertiary/aromatic N) is 1. The van der Waals surface area contributed by atoms with Gasteiger partial charge in [0.1, 0.15) is 18.0 Å². The van der Waals surface area contributed by atoms with Gasteiger partial charge in [-0.05, 0) is 37.3 Å². The first-order chi connectivity index (χ1) is 12.8. The molecule has 9 nitrogen and oxygen atoms in total. The summed E-state index contributed by atoms with van der Waals surface area (Å²) in [6, 6.07) is 3.52. The average molecular weight is 413 g/mol. The summed E-state index contributed by atoms with van der Waals surface area (Å²) in [6.07, 6.45) is 3.56. The number of guanidine groups is 1. The third-order valence-electron chi connectivity index (χ3n) is 3.73. The van der Waals surface area contributed by atoms with Crippen molar-refractivity contribution in [3.63, 3.8) is 0 Å². The third-order valence-corrected chi connectivity index (χ3v) is 3.73. The molecule has 1 aromatic heterocycles. The highest BCUT2D eigenvalue weighted by atomic mass is 35.5. The van der Waals surface area contributed by atoms with Crippen molar-refractivity contribution in [1.29, 1.82) is 5.41 Å². The Morgan fingerprint density at radius 1 is 1.29 bits per heavy atom. The van der Waals surface area contributed by atoms with Gasteiger partial charge in [-0.2, -0.15) is 0 Å². The van der Waals surface area contributed by atoms with E-state index in [9.17, 15) is 14.4 Å². The molecule has 2 atom stereocenters. The summed E-state index contributed by atoms with van der Waals surface area (Å²) in [7, 11) is 0. The van der Waals surface area contributed by atoms with E-state index in [1.807, 2.05) is 13.8 Å². The smallest absolute Gasteiger partial charge is 0.270 e. The number of amides is 2. The van der Waals surface area contributed by atoms with Crippen LogP contribution in [0.5, 0.6) is 0 Å². The van der Waals surface area contributed by atoms with Gasteiger partial charge in [-0.3, -0.25) is 20.0 Å². The van der Waals surface area contributed by atoms with Crippen molar-refractivity contribution in [2.45, 2.75) is 45.2 Å². The average Bonchev–Trinajstić information content (AvgIpc) is 2.63. The van der Waals surface area contributed by atoms with Crippen LogP contribution in [-0.4, -0.2) is 47.7 Å². The second kappa shape index (κ2) is 13.5. The maximum atomic E-state index is 12.6. The molecule has 0 fully saturated rings. The minimum absolute atomic E-state index is 0. The van der Waals surface area contributed by atoms with Crippen molar-refractivity contribution in [2.24, 2.45) is 11.7 Å². The molecule has 28 heavy (non-hydrogen) atoms. The summed E-state index contributed by atoms with van der Waals surface area (Å²) >= 11 is 0. The van der Waals surface area contributed by atoms with Crippen molar-refractivity contribution in [1.82, 2.24) is 20.9 Å². The number of nitrogens with two attached hydrogens (primary N) is 1. The minimum Gasteiger partial charge on any atom is -0.370 e. The van der Waals surface area contributed by atoms with Gasteiger partial charge in [0.05, 0.1) is 6.04 Å². The van der Waals surface area contributed by atoms with Crippen LogP contribution in [0.2, 0.25) is 0 Å². The normalized spacial score (nSPS) is 12.2. The molecule has 1 heterocycles.